The molecule has 2 N–H and O–H groups in total. The molecule has 92 valence electrons. The molecule has 2 atom stereocenters. The highest BCUT2D eigenvalue weighted by molar-refractivity contribution is 6.30. The van der Waals surface area contributed by atoms with Crippen LogP contribution in [0, 0.1) is 12.3 Å². The first-order valence-electron chi connectivity index (χ1n) is 5.74. The Hall–Kier alpha value is -1.17. The first-order valence-corrected chi connectivity index (χ1v) is 6.12. The number of rotatable bonds is 6. The van der Waals surface area contributed by atoms with Gasteiger partial charge >= 0.3 is 0 Å². The van der Waals surface area contributed by atoms with Gasteiger partial charge in [-0.2, -0.15) is 0 Å². The number of hydrogen-bond acceptors (Lipinski definition) is 2. The molecule has 0 amide bonds. The van der Waals surface area contributed by atoms with E-state index in [9.17, 15) is 0 Å². The van der Waals surface area contributed by atoms with E-state index in [0.29, 0.717) is 5.02 Å². The van der Waals surface area contributed by atoms with E-state index in [1.165, 1.54) is 0 Å². The molecule has 0 heterocycles. The largest absolute Gasteiger partial charge is 0.489 e. The molecular weight excluding hydrogens is 234 g/mol. The lowest BCUT2D eigenvalue weighted by atomic mass is 10.1. The van der Waals surface area contributed by atoms with Gasteiger partial charge in [0.25, 0.3) is 0 Å². The van der Waals surface area contributed by atoms with Crippen LogP contribution in [-0.2, 0) is 0 Å². The molecule has 17 heavy (non-hydrogen) atoms. The topological polar surface area (TPSA) is 35.2 Å². The molecule has 2 nitrogen and oxygen atoms in total. The lowest BCUT2D eigenvalue weighted by molar-refractivity contribution is 0.183. The highest BCUT2D eigenvalue weighted by Crippen LogP contribution is 2.19. The van der Waals surface area contributed by atoms with Crippen LogP contribution < -0.4 is 10.5 Å². The molecule has 0 saturated heterocycles. The van der Waals surface area contributed by atoms with Gasteiger partial charge in [0.05, 0.1) is 0 Å². The predicted octanol–water partition coefficient (Wildman–Crippen LogP) is 3.24. The molecule has 0 fully saturated rings. The number of terminal acetylenes is 1. The molecule has 3 heteroatoms. The van der Waals surface area contributed by atoms with Crippen LogP contribution in [0.1, 0.15) is 26.2 Å². The second-order valence-corrected chi connectivity index (χ2v) is 4.48. The first-order chi connectivity index (χ1) is 8.13. The summed E-state index contributed by atoms with van der Waals surface area (Å²) in [6.45, 7) is 1.96. The number of halogens is 1. The average molecular weight is 252 g/mol. The maximum Gasteiger partial charge on any atom is 0.121 e. The fourth-order valence-electron chi connectivity index (χ4n) is 1.52. The lowest BCUT2D eigenvalue weighted by Crippen LogP contribution is -2.36. The van der Waals surface area contributed by atoms with Crippen molar-refractivity contribution in [2.24, 2.45) is 5.73 Å². The van der Waals surface area contributed by atoms with E-state index in [0.717, 1.165) is 25.0 Å². The van der Waals surface area contributed by atoms with Crippen molar-refractivity contribution in [3.05, 3.63) is 29.3 Å². The minimum absolute atomic E-state index is 0.0117. The van der Waals surface area contributed by atoms with Crippen molar-refractivity contribution in [1.82, 2.24) is 0 Å². The maximum absolute atomic E-state index is 6.02. The minimum Gasteiger partial charge on any atom is -0.489 e. The van der Waals surface area contributed by atoms with Gasteiger partial charge in [0, 0.05) is 17.5 Å². The van der Waals surface area contributed by atoms with Crippen LogP contribution in [0.2, 0.25) is 5.02 Å². The fourth-order valence-corrected chi connectivity index (χ4v) is 1.70. The van der Waals surface area contributed by atoms with Crippen molar-refractivity contribution in [2.75, 3.05) is 0 Å². The molecule has 1 aromatic rings. The molecule has 0 radical (unpaired) electrons. The zero-order valence-corrected chi connectivity index (χ0v) is 10.8. The summed E-state index contributed by atoms with van der Waals surface area (Å²) in [4.78, 5) is 0. The molecule has 0 spiro atoms. The third kappa shape index (κ3) is 5.12. The van der Waals surface area contributed by atoms with E-state index in [4.69, 9.17) is 28.5 Å². The second kappa shape index (κ2) is 7.21. The van der Waals surface area contributed by atoms with Crippen molar-refractivity contribution in [2.45, 2.75) is 38.3 Å². The van der Waals surface area contributed by atoms with Gasteiger partial charge in [-0.3, -0.25) is 0 Å². The highest BCUT2D eigenvalue weighted by Gasteiger charge is 2.13. The van der Waals surface area contributed by atoms with Gasteiger partial charge in [0.1, 0.15) is 11.9 Å². The van der Waals surface area contributed by atoms with E-state index in [-0.39, 0.29) is 12.1 Å². The van der Waals surface area contributed by atoms with Crippen molar-refractivity contribution in [1.29, 1.82) is 0 Å². The van der Waals surface area contributed by atoms with Gasteiger partial charge in [0.2, 0.25) is 0 Å². The zero-order chi connectivity index (χ0) is 12.7. The minimum atomic E-state index is -0.0498. The summed E-state index contributed by atoms with van der Waals surface area (Å²) in [5.41, 5.74) is 6.02. The number of benzene rings is 1. The highest BCUT2D eigenvalue weighted by atomic mass is 35.5. The number of unbranched alkanes of at least 4 members (excludes halogenated alkanes) is 1. The van der Waals surface area contributed by atoms with E-state index < -0.39 is 0 Å². The van der Waals surface area contributed by atoms with Crippen LogP contribution in [0.3, 0.4) is 0 Å². The Morgan fingerprint density at radius 3 is 2.94 bits per heavy atom. The first kappa shape index (κ1) is 13.9. The van der Waals surface area contributed by atoms with Crippen molar-refractivity contribution in [3.63, 3.8) is 0 Å². The van der Waals surface area contributed by atoms with Crippen molar-refractivity contribution >= 4 is 11.6 Å². The van der Waals surface area contributed by atoms with Gasteiger partial charge in [0.15, 0.2) is 0 Å². The molecule has 0 saturated carbocycles. The van der Waals surface area contributed by atoms with Crippen LogP contribution in [0.4, 0.5) is 0 Å². The Bertz CT molecular complexity index is 386. The van der Waals surface area contributed by atoms with E-state index >= 15 is 0 Å². The molecule has 0 aliphatic heterocycles. The summed E-state index contributed by atoms with van der Waals surface area (Å²) in [6.07, 6.45) is 7.70. The van der Waals surface area contributed by atoms with E-state index in [1.54, 1.807) is 6.07 Å². The van der Waals surface area contributed by atoms with Crippen LogP contribution in [0.5, 0.6) is 5.75 Å². The summed E-state index contributed by atoms with van der Waals surface area (Å²) in [6, 6.07) is 7.31. The summed E-state index contributed by atoms with van der Waals surface area (Å²) < 4.78 is 5.73. The van der Waals surface area contributed by atoms with Gasteiger partial charge < -0.3 is 10.5 Å². The van der Waals surface area contributed by atoms with E-state index in [2.05, 4.69) is 5.92 Å². The predicted molar refractivity (Wildman–Crippen MR) is 72.2 cm³/mol. The van der Waals surface area contributed by atoms with Crippen LogP contribution >= 0.6 is 11.6 Å². The van der Waals surface area contributed by atoms with Crippen LogP contribution in [-0.4, -0.2) is 12.1 Å². The molecule has 0 aliphatic rings. The Balaban J connectivity index is 2.43. The molecule has 1 rings (SSSR count). The summed E-state index contributed by atoms with van der Waals surface area (Å²) in [5.74, 6) is 3.35. The number of ether oxygens (including phenoxy) is 1. The van der Waals surface area contributed by atoms with Gasteiger partial charge in [-0.05, 0) is 38.0 Å². The summed E-state index contributed by atoms with van der Waals surface area (Å²) >= 11 is 5.88. The number of nitrogens with two attached hydrogens (primary N) is 1. The summed E-state index contributed by atoms with van der Waals surface area (Å²) in [7, 11) is 0. The average Bonchev–Trinajstić information content (AvgIpc) is 2.29. The monoisotopic (exact) mass is 251 g/mol. The third-order valence-corrected chi connectivity index (χ3v) is 2.81. The second-order valence-electron chi connectivity index (χ2n) is 4.04. The Morgan fingerprint density at radius 1 is 1.53 bits per heavy atom. The Morgan fingerprint density at radius 2 is 2.29 bits per heavy atom. The standard InChI is InChI=1S/C14H18ClNO/c1-3-4-5-9-14(16)11(2)17-13-8-6-7-12(15)10-13/h1,6-8,10-11,14H,4-5,9,16H2,2H3. The normalized spacial score (nSPS) is 13.8. The molecule has 2 unspecified atom stereocenters. The van der Waals surface area contributed by atoms with Crippen molar-refractivity contribution < 1.29 is 4.74 Å². The zero-order valence-electron chi connectivity index (χ0n) is 10.0. The maximum atomic E-state index is 6.02. The Kier molecular flexibility index (Phi) is 5.90. The smallest absolute Gasteiger partial charge is 0.121 e. The molecule has 0 aromatic heterocycles. The third-order valence-electron chi connectivity index (χ3n) is 2.58. The van der Waals surface area contributed by atoms with E-state index in [1.807, 2.05) is 25.1 Å². The fraction of sp³-hybridized carbons (Fsp3) is 0.429. The molecule has 0 aliphatic carbocycles. The SMILES string of the molecule is C#CCCCC(N)C(C)Oc1cccc(Cl)c1. The van der Waals surface area contributed by atoms with Gasteiger partial charge in [-0.15, -0.1) is 12.3 Å². The molecule has 1 aromatic carbocycles. The quantitative estimate of drug-likeness (QED) is 0.622. The Labute approximate surface area is 108 Å². The van der Waals surface area contributed by atoms with Crippen LogP contribution in [0.15, 0.2) is 24.3 Å². The lowest BCUT2D eigenvalue weighted by Gasteiger charge is -2.21. The summed E-state index contributed by atoms with van der Waals surface area (Å²) in [5, 5.41) is 0.663. The number of hydrogen-bond donors (Lipinski definition) is 1. The molecule has 0 bridgehead atoms. The van der Waals surface area contributed by atoms with Gasteiger partial charge in [-0.1, -0.05) is 17.7 Å². The molecular formula is C14H18ClNO. The van der Waals surface area contributed by atoms with Crippen LogP contribution in [0.25, 0.3) is 0 Å². The van der Waals surface area contributed by atoms with Crippen molar-refractivity contribution in [3.8, 4) is 18.1 Å². The van der Waals surface area contributed by atoms with Gasteiger partial charge in [-0.25, -0.2) is 0 Å².